The summed E-state index contributed by atoms with van der Waals surface area (Å²) in [6, 6.07) is -0.331. The van der Waals surface area contributed by atoms with Crippen molar-refractivity contribution in [1.29, 1.82) is 0 Å². The van der Waals surface area contributed by atoms with Crippen LogP contribution in [0, 0.1) is 5.92 Å². The molecule has 0 saturated carbocycles. The third kappa shape index (κ3) is 2.90. The number of rotatable bonds is 3. The number of hydrogen-bond acceptors (Lipinski definition) is 5. The predicted molar refractivity (Wildman–Crippen MR) is 52.3 cm³/mol. The van der Waals surface area contributed by atoms with E-state index in [0.717, 1.165) is 13.0 Å². The quantitative estimate of drug-likeness (QED) is 0.609. The summed E-state index contributed by atoms with van der Waals surface area (Å²) in [5, 5.41) is 12.2. The Balaban J connectivity index is 1.67. The smallest absolute Gasteiger partial charge is 0.323 e. The Hall–Kier alpha value is -0.650. The average molecular weight is 215 g/mol. The van der Waals surface area contributed by atoms with E-state index in [2.05, 4.69) is 5.32 Å². The average Bonchev–Trinajstić information content (AvgIpc) is 2.84. The Bertz CT molecular complexity index is 227. The molecule has 2 rings (SSSR count). The van der Waals surface area contributed by atoms with Crippen molar-refractivity contribution < 1.29 is 19.4 Å². The molecular weight excluding hydrogens is 198 g/mol. The number of esters is 1. The number of aliphatic hydroxyl groups excluding tert-OH is 1. The van der Waals surface area contributed by atoms with Gasteiger partial charge in [-0.15, -0.1) is 0 Å². The zero-order chi connectivity index (χ0) is 10.7. The van der Waals surface area contributed by atoms with Crippen molar-refractivity contribution >= 4 is 5.97 Å². The van der Waals surface area contributed by atoms with E-state index in [4.69, 9.17) is 9.47 Å². The van der Waals surface area contributed by atoms with E-state index < -0.39 is 6.10 Å². The molecule has 86 valence electrons. The van der Waals surface area contributed by atoms with Gasteiger partial charge in [0.2, 0.25) is 0 Å². The van der Waals surface area contributed by atoms with E-state index in [0.29, 0.717) is 32.1 Å². The maximum atomic E-state index is 11.5. The molecule has 2 fully saturated rings. The van der Waals surface area contributed by atoms with Crippen LogP contribution in [0.3, 0.4) is 0 Å². The van der Waals surface area contributed by atoms with Crippen LogP contribution in [0.15, 0.2) is 0 Å². The van der Waals surface area contributed by atoms with Gasteiger partial charge < -0.3 is 19.9 Å². The largest absolute Gasteiger partial charge is 0.464 e. The molecule has 1 unspecified atom stereocenters. The maximum Gasteiger partial charge on any atom is 0.323 e. The minimum absolute atomic E-state index is 0.251. The molecule has 0 bridgehead atoms. The summed E-state index contributed by atoms with van der Waals surface area (Å²) in [7, 11) is 0. The maximum absolute atomic E-state index is 11.5. The molecular formula is C10H17NO4. The van der Waals surface area contributed by atoms with Crippen LogP contribution < -0.4 is 5.32 Å². The molecule has 2 N–H and O–H groups in total. The summed E-state index contributed by atoms with van der Waals surface area (Å²) in [6.07, 6.45) is 1.01. The van der Waals surface area contributed by atoms with Gasteiger partial charge in [0, 0.05) is 25.5 Å². The summed E-state index contributed by atoms with van der Waals surface area (Å²) in [4.78, 5) is 11.5. The van der Waals surface area contributed by atoms with Crippen molar-refractivity contribution in [3.8, 4) is 0 Å². The van der Waals surface area contributed by atoms with Crippen molar-refractivity contribution in [3.63, 3.8) is 0 Å². The number of nitrogens with one attached hydrogen (secondary N) is 1. The van der Waals surface area contributed by atoms with Gasteiger partial charge >= 0.3 is 5.97 Å². The Morgan fingerprint density at radius 2 is 2.47 bits per heavy atom. The monoisotopic (exact) mass is 215 g/mol. The standard InChI is InChI=1S/C10H17NO4/c12-8-3-9(11-4-8)10(13)15-6-7-1-2-14-5-7/h7-9,11-12H,1-6H2/t7?,8-,9-/m0/s1. The highest BCUT2D eigenvalue weighted by molar-refractivity contribution is 5.76. The number of β-amino-alcohol motifs (C(OH)–C–C–N with tert-alkyl or cyclic N) is 1. The summed E-state index contributed by atoms with van der Waals surface area (Å²) in [5.74, 6) is 0.0960. The van der Waals surface area contributed by atoms with Crippen LogP contribution in [0.2, 0.25) is 0 Å². The van der Waals surface area contributed by atoms with Gasteiger partial charge in [-0.25, -0.2) is 0 Å². The first-order valence-corrected chi connectivity index (χ1v) is 5.41. The number of carbonyl (C=O) groups excluding carboxylic acids is 1. The second kappa shape index (κ2) is 4.92. The molecule has 0 aromatic carbocycles. The zero-order valence-corrected chi connectivity index (χ0v) is 8.65. The van der Waals surface area contributed by atoms with E-state index in [1.165, 1.54) is 0 Å². The van der Waals surface area contributed by atoms with Gasteiger partial charge in [-0.1, -0.05) is 0 Å². The Morgan fingerprint density at radius 3 is 3.07 bits per heavy atom. The molecule has 5 heteroatoms. The third-order valence-electron chi connectivity index (χ3n) is 2.88. The van der Waals surface area contributed by atoms with Crippen molar-refractivity contribution in [3.05, 3.63) is 0 Å². The Morgan fingerprint density at radius 1 is 1.60 bits per heavy atom. The lowest BCUT2D eigenvalue weighted by Crippen LogP contribution is -2.33. The van der Waals surface area contributed by atoms with Crippen LogP contribution in [0.1, 0.15) is 12.8 Å². The summed E-state index contributed by atoms with van der Waals surface area (Å²) in [5.41, 5.74) is 0. The first-order chi connectivity index (χ1) is 7.25. The summed E-state index contributed by atoms with van der Waals surface area (Å²) in [6.45, 7) is 2.37. The SMILES string of the molecule is O=C(OCC1CCOC1)[C@@H]1C[C@H](O)CN1. The van der Waals surface area contributed by atoms with Crippen LogP contribution in [0.25, 0.3) is 0 Å². The van der Waals surface area contributed by atoms with Crippen molar-refractivity contribution in [2.45, 2.75) is 25.0 Å². The van der Waals surface area contributed by atoms with E-state index in [1.807, 2.05) is 0 Å². The topological polar surface area (TPSA) is 67.8 Å². The van der Waals surface area contributed by atoms with Crippen LogP contribution in [-0.4, -0.2) is 49.6 Å². The molecule has 0 amide bonds. The molecule has 2 heterocycles. The van der Waals surface area contributed by atoms with Crippen LogP contribution in [0.4, 0.5) is 0 Å². The minimum atomic E-state index is -0.419. The fourth-order valence-corrected chi connectivity index (χ4v) is 1.91. The zero-order valence-electron chi connectivity index (χ0n) is 8.65. The first kappa shape index (κ1) is 10.9. The molecule has 0 aromatic heterocycles. The number of carbonyl (C=O) groups is 1. The highest BCUT2D eigenvalue weighted by atomic mass is 16.5. The Labute approximate surface area is 88.7 Å². The minimum Gasteiger partial charge on any atom is -0.464 e. The molecule has 3 atom stereocenters. The molecule has 15 heavy (non-hydrogen) atoms. The van der Waals surface area contributed by atoms with E-state index >= 15 is 0 Å². The molecule has 2 saturated heterocycles. The lowest BCUT2D eigenvalue weighted by molar-refractivity contribution is -0.147. The summed E-state index contributed by atoms with van der Waals surface area (Å²) < 4.78 is 10.4. The van der Waals surface area contributed by atoms with Crippen molar-refractivity contribution in [1.82, 2.24) is 5.32 Å². The van der Waals surface area contributed by atoms with E-state index in [9.17, 15) is 9.90 Å². The fraction of sp³-hybridized carbons (Fsp3) is 0.900. The van der Waals surface area contributed by atoms with Gasteiger partial charge in [-0.05, 0) is 6.42 Å². The van der Waals surface area contributed by atoms with Gasteiger partial charge in [-0.3, -0.25) is 4.79 Å². The predicted octanol–water partition coefficient (Wildman–Crippen LogP) is -0.711. The normalized spacial score (nSPS) is 35.7. The molecule has 5 nitrogen and oxygen atoms in total. The number of ether oxygens (including phenoxy) is 2. The molecule has 2 aliphatic heterocycles. The van der Waals surface area contributed by atoms with E-state index in [-0.39, 0.29) is 12.0 Å². The lowest BCUT2D eigenvalue weighted by Gasteiger charge is -2.12. The highest BCUT2D eigenvalue weighted by Gasteiger charge is 2.30. The van der Waals surface area contributed by atoms with E-state index in [1.54, 1.807) is 0 Å². The third-order valence-corrected chi connectivity index (χ3v) is 2.88. The molecule has 2 aliphatic rings. The highest BCUT2D eigenvalue weighted by Crippen LogP contribution is 2.14. The van der Waals surface area contributed by atoms with Crippen molar-refractivity contribution in [2.24, 2.45) is 5.92 Å². The second-order valence-electron chi connectivity index (χ2n) is 4.21. The molecule has 0 aliphatic carbocycles. The number of aliphatic hydroxyl groups is 1. The van der Waals surface area contributed by atoms with Crippen LogP contribution in [-0.2, 0) is 14.3 Å². The summed E-state index contributed by atoms with van der Waals surface area (Å²) >= 11 is 0. The second-order valence-corrected chi connectivity index (χ2v) is 4.21. The Kier molecular flexibility index (Phi) is 3.56. The van der Waals surface area contributed by atoms with Gasteiger partial charge in [-0.2, -0.15) is 0 Å². The van der Waals surface area contributed by atoms with Crippen molar-refractivity contribution in [2.75, 3.05) is 26.4 Å². The van der Waals surface area contributed by atoms with Gasteiger partial charge in [0.15, 0.2) is 0 Å². The lowest BCUT2D eigenvalue weighted by atomic mass is 10.1. The van der Waals surface area contributed by atoms with Gasteiger partial charge in [0.1, 0.15) is 6.04 Å². The van der Waals surface area contributed by atoms with Crippen LogP contribution >= 0.6 is 0 Å². The molecule has 0 aromatic rings. The van der Waals surface area contributed by atoms with Gasteiger partial charge in [0.25, 0.3) is 0 Å². The first-order valence-electron chi connectivity index (χ1n) is 5.41. The van der Waals surface area contributed by atoms with Crippen LogP contribution in [0.5, 0.6) is 0 Å². The number of hydrogen-bond donors (Lipinski definition) is 2. The fourth-order valence-electron chi connectivity index (χ4n) is 1.91. The van der Waals surface area contributed by atoms with Gasteiger partial charge in [0.05, 0.1) is 19.3 Å². The molecule has 0 spiro atoms. The molecule has 0 radical (unpaired) electrons.